The number of para-hydroxylation sites is 1. The van der Waals surface area contributed by atoms with E-state index in [1.165, 1.54) is 11.8 Å². The Balaban J connectivity index is 1.77. The minimum Gasteiger partial charge on any atom is -0.449 e. The molecule has 26 heavy (non-hydrogen) atoms. The maximum absolute atomic E-state index is 12.5. The highest BCUT2D eigenvalue weighted by Crippen LogP contribution is 2.28. The maximum atomic E-state index is 12.5. The van der Waals surface area contributed by atoms with Crippen LogP contribution in [-0.4, -0.2) is 25.0 Å². The van der Waals surface area contributed by atoms with Crippen LogP contribution in [-0.2, 0) is 9.53 Å². The normalized spacial score (nSPS) is 12.0. The van der Waals surface area contributed by atoms with Crippen molar-refractivity contribution in [3.63, 3.8) is 0 Å². The third-order valence-electron chi connectivity index (χ3n) is 4.19. The number of fused-ring (bicyclic) bond motifs is 1. The van der Waals surface area contributed by atoms with Crippen LogP contribution < -0.4 is 4.90 Å². The van der Waals surface area contributed by atoms with Crippen LogP contribution in [0.3, 0.4) is 0 Å². The maximum Gasteiger partial charge on any atom is 0.375 e. The van der Waals surface area contributed by atoms with E-state index in [4.69, 9.17) is 20.8 Å². The van der Waals surface area contributed by atoms with Crippen LogP contribution in [0.1, 0.15) is 23.0 Å². The molecule has 3 rings (SSSR count). The van der Waals surface area contributed by atoms with Gasteiger partial charge in [0.1, 0.15) is 5.58 Å². The molecule has 0 spiro atoms. The number of esters is 1. The van der Waals surface area contributed by atoms with Crippen LogP contribution in [0.4, 0.5) is 5.69 Å². The molecule has 1 amide bonds. The van der Waals surface area contributed by atoms with Crippen molar-refractivity contribution in [2.75, 3.05) is 11.9 Å². The molecule has 0 unspecified atom stereocenters. The lowest BCUT2D eigenvalue weighted by Gasteiger charge is -2.21. The first-order chi connectivity index (χ1) is 12.4. The summed E-state index contributed by atoms with van der Waals surface area (Å²) in [6.07, 6.45) is -0.955. The van der Waals surface area contributed by atoms with E-state index in [0.29, 0.717) is 16.2 Å². The van der Waals surface area contributed by atoms with E-state index in [-0.39, 0.29) is 11.7 Å². The zero-order valence-corrected chi connectivity index (χ0v) is 15.4. The minimum atomic E-state index is -0.955. The number of ether oxygens (including phenoxy) is 1. The van der Waals surface area contributed by atoms with Gasteiger partial charge in [-0.1, -0.05) is 29.8 Å². The van der Waals surface area contributed by atoms with Crippen molar-refractivity contribution in [1.82, 2.24) is 0 Å². The summed E-state index contributed by atoms with van der Waals surface area (Å²) in [5, 5.41) is 1.29. The Morgan fingerprint density at radius 2 is 1.85 bits per heavy atom. The molecule has 0 aliphatic carbocycles. The summed E-state index contributed by atoms with van der Waals surface area (Å²) in [7, 11) is 1.64. The molecule has 0 saturated heterocycles. The van der Waals surface area contributed by atoms with Gasteiger partial charge in [-0.3, -0.25) is 4.79 Å². The van der Waals surface area contributed by atoms with Crippen LogP contribution in [0, 0.1) is 6.92 Å². The van der Waals surface area contributed by atoms with E-state index in [1.807, 2.05) is 18.2 Å². The van der Waals surface area contributed by atoms with Gasteiger partial charge in [0.2, 0.25) is 5.76 Å². The second kappa shape index (κ2) is 7.22. The molecular formula is C20H18ClNO4. The van der Waals surface area contributed by atoms with Crippen LogP contribution in [0.25, 0.3) is 11.0 Å². The first kappa shape index (κ1) is 18.0. The summed E-state index contributed by atoms with van der Waals surface area (Å²) in [5.74, 6) is -0.942. The smallest absolute Gasteiger partial charge is 0.375 e. The Kier molecular flexibility index (Phi) is 5.00. The molecule has 134 valence electrons. The van der Waals surface area contributed by atoms with Crippen LogP contribution >= 0.6 is 11.6 Å². The third kappa shape index (κ3) is 3.44. The second-order valence-corrected chi connectivity index (χ2v) is 6.41. The van der Waals surface area contributed by atoms with Gasteiger partial charge in [0, 0.05) is 28.7 Å². The molecule has 5 nitrogen and oxygen atoms in total. The topological polar surface area (TPSA) is 59.8 Å². The number of anilines is 1. The molecule has 0 N–H and O–H groups in total. The molecule has 0 aliphatic rings. The third-order valence-corrected chi connectivity index (χ3v) is 4.42. The molecule has 2 aromatic carbocycles. The summed E-state index contributed by atoms with van der Waals surface area (Å²) >= 11 is 5.99. The van der Waals surface area contributed by atoms with Gasteiger partial charge in [-0.05, 0) is 44.2 Å². The van der Waals surface area contributed by atoms with Gasteiger partial charge in [0.25, 0.3) is 5.91 Å². The Morgan fingerprint density at radius 1 is 1.15 bits per heavy atom. The van der Waals surface area contributed by atoms with E-state index < -0.39 is 12.1 Å². The number of benzene rings is 2. The summed E-state index contributed by atoms with van der Waals surface area (Å²) in [4.78, 5) is 26.4. The van der Waals surface area contributed by atoms with Gasteiger partial charge in [0.15, 0.2) is 6.10 Å². The summed E-state index contributed by atoms with van der Waals surface area (Å²) in [5.41, 5.74) is 1.89. The number of carbonyl (C=O) groups is 2. The quantitative estimate of drug-likeness (QED) is 0.629. The molecular weight excluding hydrogens is 354 g/mol. The zero-order valence-electron chi connectivity index (χ0n) is 14.7. The monoisotopic (exact) mass is 371 g/mol. The van der Waals surface area contributed by atoms with Gasteiger partial charge in [-0.15, -0.1) is 0 Å². The van der Waals surface area contributed by atoms with Crippen molar-refractivity contribution >= 4 is 40.1 Å². The number of likely N-dealkylation sites (N-methyl/N-ethyl adjacent to an activating group) is 1. The number of hydrogen-bond acceptors (Lipinski definition) is 4. The minimum absolute atomic E-state index is 0.0734. The fourth-order valence-corrected chi connectivity index (χ4v) is 2.88. The van der Waals surface area contributed by atoms with Gasteiger partial charge in [-0.25, -0.2) is 4.79 Å². The standard InChI is InChI=1S/C20H18ClNO4/c1-12-16-11-14(21)9-10-17(16)26-18(12)20(24)25-13(2)19(23)22(3)15-7-5-4-6-8-15/h4-11,13H,1-3H3/t13-/m0/s1. The number of carbonyl (C=O) groups excluding carboxylic acids is 2. The van der Waals surface area contributed by atoms with E-state index >= 15 is 0 Å². The molecule has 0 fully saturated rings. The molecule has 6 heteroatoms. The number of aryl methyl sites for hydroxylation is 1. The van der Waals surface area contributed by atoms with Gasteiger partial charge >= 0.3 is 5.97 Å². The molecule has 0 saturated carbocycles. The SMILES string of the molecule is Cc1c(C(=O)O[C@@H](C)C(=O)N(C)c2ccccc2)oc2ccc(Cl)cc12. The van der Waals surface area contributed by atoms with Crippen molar-refractivity contribution in [2.45, 2.75) is 20.0 Å². The highest BCUT2D eigenvalue weighted by atomic mass is 35.5. The van der Waals surface area contributed by atoms with Crippen LogP contribution in [0.15, 0.2) is 52.9 Å². The Labute approximate surface area is 156 Å². The van der Waals surface area contributed by atoms with E-state index in [0.717, 1.165) is 11.1 Å². The Bertz CT molecular complexity index is 965. The molecule has 1 aromatic heterocycles. The fourth-order valence-electron chi connectivity index (χ4n) is 2.70. The number of amides is 1. The lowest BCUT2D eigenvalue weighted by atomic mass is 10.1. The first-order valence-corrected chi connectivity index (χ1v) is 8.48. The lowest BCUT2D eigenvalue weighted by molar-refractivity contribution is -0.126. The van der Waals surface area contributed by atoms with E-state index in [2.05, 4.69) is 0 Å². The molecule has 3 aromatic rings. The molecule has 0 radical (unpaired) electrons. The molecule has 1 heterocycles. The van der Waals surface area contributed by atoms with Crippen molar-refractivity contribution < 1.29 is 18.7 Å². The van der Waals surface area contributed by atoms with Crippen LogP contribution in [0.2, 0.25) is 5.02 Å². The molecule has 0 bridgehead atoms. The van der Waals surface area contributed by atoms with Gasteiger partial charge in [0.05, 0.1) is 0 Å². The lowest BCUT2D eigenvalue weighted by Crippen LogP contribution is -2.37. The number of hydrogen-bond donors (Lipinski definition) is 0. The fraction of sp³-hybridized carbons (Fsp3) is 0.200. The van der Waals surface area contributed by atoms with Gasteiger partial charge < -0.3 is 14.1 Å². The number of furan rings is 1. The first-order valence-electron chi connectivity index (χ1n) is 8.10. The summed E-state index contributed by atoms with van der Waals surface area (Å²) in [6.45, 7) is 3.29. The van der Waals surface area contributed by atoms with Crippen molar-refractivity contribution in [3.8, 4) is 0 Å². The average Bonchev–Trinajstić information content (AvgIpc) is 2.97. The average molecular weight is 372 g/mol. The van der Waals surface area contributed by atoms with Crippen molar-refractivity contribution in [1.29, 1.82) is 0 Å². The van der Waals surface area contributed by atoms with Crippen molar-refractivity contribution in [3.05, 3.63) is 64.9 Å². The number of rotatable bonds is 4. The largest absolute Gasteiger partial charge is 0.449 e. The van der Waals surface area contributed by atoms with E-state index in [1.54, 1.807) is 44.3 Å². The predicted molar refractivity (Wildman–Crippen MR) is 101 cm³/mol. The second-order valence-electron chi connectivity index (χ2n) is 5.98. The highest BCUT2D eigenvalue weighted by molar-refractivity contribution is 6.31. The zero-order chi connectivity index (χ0) is 18.8. The van der Waals surface area contributed by atoms with E-state index in [9.17, 15) is 9.59 Å². The summed E-state index contributed by atoms with van der Waals surface area (Å²) in [6, 6.07) is 14.2. The Morgan fingerprint density at radius 3 is 2.54 bits per heavy atom. The number of nitrogens with zero attached hydrogens (tertiary/aromatic N) is 1. The van der Waals surface area contributed by atoms with Gasteiger partial charge in [-0.2, -0.15) is 0 Å². The predicted octanol–water partition coefficient (Wildman–Crippen LogP) is 4.60. The molecule has 1 atom stereocenters. The van der Waals surface area contributed by atoms with Crippen LogP contribution in [0.5, 0.6) is 0 Å². The highest BCUT2D eigenvalue weighted by Gasteiger charge is 2.26. The summed E-state index contributed by atoms with van der Waals surface area (Å²) < 4.78 is 10.9. The molecule has 0 aliphatic heterocycles. The Hall–Kier alpha value is -2.79. The number of halogens is 1. The van der Waals surface area contributed by atoms with Crippen molar-refractivity contribution in [2.24, 2.45) is 0 Å².